The maximum absolute atomic E-state index is 2.36. The molecule has 0 saturated carbocycles. The number of hydrogen-bond donors (Lipinski definition) is 0. The monoisotopic (exact) mass is 154 g/mol. The van der Waals surface area contributed by atoms with Gasteiger partial charge in [0.05, 0.1) is 0 Å². The molecular formula is C11H22. The molecule has 0 aliphatic carbocycles. The highest BCUT2D eigenvalue weighted by Gasteiger charge is 1.98. The van der Waals surface area contributed by atoms with Gasteiger partial charge in [0.2, 0.25) is 0 Å². The number of allylic oxidation sites excluding steroid dienone is 2. The van der Waals surface area contributed by atoms with Crippen LogP contribution in [0, 0.1) is 5.92 Å². The van der Waals surface area contributed by atoms with Crippen LogP contribution < -0.4 is 0 Å². The summed E-state index contributed by atoms with van der Waals surface area (Å²) < 4.78 is 0. The maximum Gasteiger partial charge on any atom is -0.0348 e. The lowest BCUT2D eigenvalue weighted by Gasteiger charge is -2.07. The summed E-state index contributed by atoms with van der Waals surface area (Å²) in [4.78, 5) is 0. The molecule has 0 heteroatoms. The zero-order valence-corrected chi connectivity index (χ0v) is 8.27. The first-order chi connectivity index (χ1) is 5.31. The molecule has 0 rings (SSSR count). The summed E-state index contributed by atoms with van der Waals surface area (Å²) in [7, 11) is 0. The Labute approximate surface area is 71.7 Å². The fourth-order valence-corrected chi connectivity index (χ4v) is 1.24. The molecule has 0 aliphatic heterocycles. The molecule has 0 nitrogen and oxygen atoms in total. The number of hydrogen-bond acceptors (Lipinski definition) is 0. The van der Waals surface area contributed by atoms with Crippen LogP contribution in [0.25, 0.3) is 0 Å². The second kappa shape index (κ2) is 7.84. The van der Waals surface area contributed by atoms with Gasteiger partial charge in [0.25, 0.3) is 0 Å². The Bertz CT molecular complexity index is 92.2. The summed E-state index contributed by atoms with van der Waals surface area (Å²) in [5, 5.41) is 0. The molecule has 0 heterocycles. The van der Waals surface area contributed by atoms with Crippen LogP contribution in [-0.4, -0.2) is 0 Å². The molecule has 0 fully saturated rings. The highest BCUT2D eigenvalue weighted by molar-refractivity contribution is 4.77. The van der Waals surface area contributed by atoms with E-state index in [1.165, 1.54) is 32.1 Å². The average molecular weight is 154 g/mol. The Balaban J connectivity index is 3.15. The van der Waals surface area contributed by atoms with Crippen LogP contribution in [-0.2, 0) is 0 Å². The van der Waals surface area contributed by atoms with Gasteiger partial charge in [-0.2, -0.15) is 0 Å². The predicted molar refractivity (Wildman–Crippen MR) is 52.7 cm³/mol. The van der Waals surface area contributed by atoms with E-state index in [0.29, 0.717) is 0 Å². The molecule has 66 valence electrons. The smallest absolute Gasteiger partial charge is 0.0348 e. The standard InChI is InChI=1S/C11H22/c1-4-6-8-10-11(3)9-7-5-2/h4,6,11H,5,7-10H2,1-3H3/b6-4-. The minimum Gasteiger partial charge on any atom is -0.0917 e. The predicted octanol–water partition coefficient (Wildman–Crippen LogP) is 4.17. The third-order valence-electron chi connectivity index (χ3n) is 2.11. The van der Waals surface area contributed by atoms with Gasteiger partial charge in [-0.25, -0.2) is 0 Å². The van der Waals surface area contributed by atoms with Gasteiger partial charge in [-0.05, 0) is 25.7 Å². The van der Waals surface area contributed by atoms with E-state index < -0.39 is 0 Å². The van der Waals surface area contributed by atoms with Crippen molar-refractivity contribution in [3.8, 4) is 0 Å². The second-order valence-electron chi connectivity index (χ2n) is 3.39. The van der Waals surface area contributed by atoms with E-state index in [9.17, 15) is 0 Å². The molecule has 0 aromatic carbocycles. The van der Waals surface area contributed by atoms with Crippen molar-refractivity contribution in [3.63, 3.8) is 0 Å². The van der Waals surface area contributed by atoms with Gasteiger partial charge in [0, 0.05) is 0 Å². The third kappa shape index (κ3) is 7.64. The largest absolute Gasteiger partial charge is 0.0917 e. The molecule has 0 aliphatic rings. The van der Waals surface area contributed by atoms with Gasteiger partial charge in [0.1, 0.15) is 0 Å². The minimum absolute atomic E-state index is 0.922. The Kier molecular flexibility index (Phi) is 7.66. The van der Waals surface area contributed by atoms with Crippen LogP contribution in [0.4, 0.5) is 0 Å². The van der Waals surface area contributed by atoms with Gasteiger partial charge < -0.3 is 0 Å². The van der Waals surface area contributed by atoms with Gasteiger partial charge in [0.15, 0.2) is 0 Å². The minimum atomic E-state index is 0.922. The van der Waals surface area contributed by atoms with E-state index in [1.54, 1.807) is 0 Å². The Morgan fingerprint density at radius 3 is 2.55 bits per heavy atom. The Hall–Kier alpha value is -0.260. The lowest BCUT2D eigenvalue weighted by Crippen LogP contribution is -1.92. The van der Waals surface area contributed by atoms with Crippen molar-refractivity contribution in [2.75, 3.05) is 0 Å². The van der Waals surface area contributed by atoms with E-state index in [2.05, 4.69) is 32.9 Å². The van der Waals surface area contributed by atoms with E-state index in [1.807, 2.05) is 0 Å². The van der Waals surface area contributed by atoms with Crippen LogP contribution in [0.1, 0.15) is 52.9 Å². The maximum atomic E-state index is 2.36. The summed E-state index contributed by atoms with van der Waals surface area (Å²) in [6.45, 7) is 6.72. The first-order valence-corrected chi connectivity index (χ1v) is 4.92. The van der Waals surface area contributed by atoms with Crippen molar-refractivity contribution < 1.29 is 0 Å². The molecule has 0 saturated heterocycles. The molecule has 0 aromatic rings. The highest BCUT2D eigenvalue weighted by atomic mass is 14.0. The first kappa shape index (κ1) is 10.7. The van der Waals surface area contributed by atoms with E-state index in [4.69, 9.17) is 0 Å². The van der Waals surface area contributed by atoms with Gasteiger partial charge in [-0.15, -0.1) is 0 Å². The summed E-state index contributed by atoms with van der Waals surface area (Å²) in [5.41, 5.74) is 0. The topological polar surface area (TPSA) is 0 Å². The second-order valence-corrected chi connectivity index (χ2v) is 3.39. The summed E-state index contributed by atoms with van der Waals surface area (Å²) in [5.74, 6) is 0.922. The number of rotatable bonds is 6. The fraction of sp³-hybridized carbons (Fsp3) is 0.818. The fourth-order valence-electron chi connectivity index (χ4n) is 1.24. The van der Waals surface area contributed by atoms with Crippen molar-refractivity contribution in [2.24, 2.45) is 5.92 Å². The van der Waals surface area contributed by atoms with Crippen molar-refractivity contribution in [2.45, 2.75) is 52.9 Å². The summed E-state index contributed by atoms with van der Waals surface area (Å²) >= 11 is 0. The van der Waals surface area contributed by atoms with E-state index in [0.717, 1.165) is 5.92 Å². The first-order valence-electron chi connectivity index (χ1n) is 4.92. The quantitative estimate of drug-likeness (QED) is 0.504. The van der Waals surface area contributed by atoms with Crippen molar-refractivity contribution >= 4 is 0 Å². The molecule has 1 atom stereocenters. The highest BCUT2D eigenvalue weighted by Crippen LogP contribution is 2.13. The summed E-state index contributed by atoms with van der Waals surface area (Å²) in [6.07, 6.45) is 11.2. The lowest BCUT2D eigenvalue weighted by atomic mass is 9.99. The zero-order chi connectivity index (χ0) is 8.53. The number of unbranched alkanes of at least 4 members (excludes halogenated alkanes) is 1. The average Bonchev–Trinajstić information content (AvgIpc) is 2.01. The Morgan fingerprint density at radius 2 is 2.00 bits per heavy atom. The SMILES string of the molecule is C/C=C\CCC(C)CCCC. The van der Waals surface area contributed by atoms with E-state index >= 15 is 0 Å². The Morgan fingerprint density at radius 1 is 1.27 bits per heavy atom. The van der Waals surface area contributed by atoms with Crippen LogP contribution in [0.3, 0.4) is 0 Å². The lowest BCUT2D eigenvalue weighted by molar-refractivity contribution is 0.475. The van der Waals surface area contributed by atoms with Crippen LogP contribution in [0.15, 0.2) is 12.2 Å². The molecular weight excluding hydrogens is 132 g/mol. The molecule has 0 N–H and O–H groups in total. The molecule has 11 heavy (non-hydrogen) atoms. The van der Waals surface area contributed by atoms with Crippen LogP contribution >= 0.6 is 0 Å². The van der Waals surface area contributed by atoms with Crippen molar-refractivity contribution in [3.05, 3.63) is 12.2 Å². The molecule has 0 amide bonds. The van der Waals surface area contributed by atoms with Gasteiger partial charge >= 0.3 is 0 Å². The van der Waals surface area contributed by atoms with Gasteiger partial charge in [-0.1, -0.05) is 45.3 Å². The molecule has 0 spiro atoms. The van der Waals surface area contributed by atoms with Crippen LogP contribution in [0.5, 0.6) is 0 Å². The molecule has 0 bridgehead atoms. The third-order valence-corrected chi connectivity index (χ3v) is 2.11. The summed E-state index contributed by atoms with van der Waals surface area (Å²) in [6, 6.07) is 0. The zero-order valence-electron chi connectivity index (χ0n) is 8.27. The van der Waals surface area contributed by atoms with E-state index in [-0.39, 0.29) is 0 Å². The van der Waals surface area contributed by atoms with Crippen LogP contribution in [0.2, 0.25) is 0 Å². The molecule has 0 radical (unpaired) electrons. The molecule has 0 aromatic heterocycles. The normalized spacial score (nSPS) is 14.1. The van der Waals surface area contributed by atoms with Gasteiger partial charge in [-0.3, -0.25) is 0 Å². The molecule has 1 unspecified atom stereocenters. The van der Waals surface area contributed by atoms with Crippen molar-refractivity contribution in [1.29, 1.82) is 0 Å². The van der Waals surface area contributed by atoms with Crippen molar-refractivity contribution in [1.82, 2.24) is 0 Å².